The third-order valence-electron chi connectivity index (χ3n) is 5.11. The maximum Gasteiger partial charge on any atom is 0.404 e. The average molecular weight is 399 g/mol. The van der Waals surface area contributed by atoms with Gasteiger partial charge in [-0.15, -0.1) is 0 Å². The Morgan fingerprint density at radius 3 is 2.79 bits per heavy atom. The summed E-state index contributed by atoms with van der Waals surface area (Å²) in [5.41, 5.74) is 0.646. The number of rotatable bonds is 5. The topological polar surface area (TPSA) is 139 Å². The molecule has 0 unspecified atom stereocenters. The number of ether oxygens (including phenoxy) is 1. The Bertz CT molecular complexity index is 1160. The predicted octanol–water partition coefficient (Wildman–Crippen LogP) is 1.48. The van der Waals surface area contributed by atoms with Crippen LogP contribution in [0.3, 0.4) is 0 Å². The lowest BCUT2D eigenvalue weighted by atomic mass is 10.1. The second kappa shape index (κ2) is 7.53. The molecule has 4 rings (SSSR count). The molecule has 1 aromatic rings. The number of carboxylic acid groups (broad SMARTS) is 1. The largest absolute Gasteiger partial charge is 0.490 e. The van der Waals surface area contributed by atoms with Crippen LogP contribution in [-0.2, 0) is 6.54 Å². The first-order chi connectivity index (χ1) is 13.9. The van der Waals surface area contributed by atoms with Gasteiger partial charge in [0, 0.05) is 19.2 Å². The second-order valence-corrected chi connectivity index (χ2v) is 7.17. The fraction of sp³-hybridized carbons (Fsp3) is 0.421. The highest BCUT2D eigenvalue weighted by Crippen LogP contribution is 2.31. The molecule has 1 fully saturated rings. The Morgan fingerprint density at radius 2 is 2.07 bits per heavy atom. The van der Waals surface area contributed by atoms with E-state index in [1.54, 1.807) is 4.57 Å². The van der Waals surface area contributed by atoms with Gasteiger partial charge in [0.2, 0.25) is 0 Å². The summed E-state index contributed by atoms with van der Waals surface area (Å²) in [7, 11) is 0. The van der Waals surface area contributed by atoms with Crippen molar-refractivity contribution in [2.24, 2.45) is 0 Å². The van der Waals surface area contributed by atoms with Crippen LogP contribution in [0.2, 0.25) is 0 Å². The van der Waals surface area contributed by atoms with E-state index in [0.717, 1.165) is 31.2 Å². The third-order valence-corrected chi connectivity index (χ3v) is 5.11. The average Bonchev–Trinajstić information content (AvgIpc) is 3.16. The van der Waals surface area contributed by atoms with Gasteiger partial charge in [-0.2, -0.15) is 4.98 Å². The standard InChI is InChI=1S/C19H21N5O5/c1-10-8-12-13(9-14(10)29-11-4-2-3-5-11)24(7-6-20-19(27)28)16-15(21-12)17(25)23-18(26)22-16/h8-9,11,20H,2-7H2,1H3,(H,27,28)(H,23,25,26). The molecular formula is C19H21N5O5. The Kier molecular flexibility index (Phi) is 4.91. The number of hydrogen-bond acceptors (Lipinski definition) is 6. The molecule has 29 heavy (non-hydrogen) atoms. The maximum absolute atomic E-state index is 12.3. The smallest absolute Gasteiger partial charge is 0.404 e. The van der Waals surface area contributed by atoms with Crippen LogP contribution in [0.1, 0.15) is 31.2 Å². The number of carbonyl (C=O) groups is 1. The van der Waals surface area contributed by atoms with Crippen molar-refractivity contribution < 1.29 is 14.6 Å². The lowest BCUT2D eigenvalue weighted by Gasteiger charge is -2.20. The van der Waals surface area contributed by atoms with Gasteiger partial charge < -0.3 is 19.7 Å². The van der Waals surface area contributed by atoms with Crippen LogP contribution in [0.25, 0.3) is 22.6 Å². The van der Waals surface area contributed by atoms with Crippen molar-refractivity contribution in [3.8, 4) is 17.3 Å². The van der Waals surface area contributed by atoms with Gasteiger partial charge in [0.1, 0.15) is 5.75 Å². The molecule has 1 amide bonds. The first-order valence-electron chi connectivity index (χ1n) is 9.51. The molecule has 10 heteroatoms. The lowest BCUT2D eigenvalue weighted by Crippen LogP contribution is -2.31. The molecular weight excluding hydrogens is 378 g/mol. The van der Waals surface area contributed by atoms with E-state index in [4.69, 9.17) is 9.84 Å². The molecule has 3 aliphatic rings. The van der Waals surface area contributed by atoms with E-state index in [-0.39, 0.29) is 30.7 Å². The van der Waals surface area contributed by atoms with E-state index in [1.165, 1.54) is 0 Å². The molecule has 0 saturated heterocycles. The normalized spacial score (nSPS) is 14.5. The number of H-pyrrole nitrogens is 1. The van der Waals surface area contributed by atoms with Gasteiger partial charge in [-0.25, -0.2) is 14.6 Å². The first kappa shape index (κ1) is 18.9. The molecule has 1 aliphatic carbocycles. The lowest BCUT2D eigenvalue weighted by molar-refractivity contribution is 0.194. The Hall–Kier alpha value is -3.43. The summed E-state index contributed by atoms with van der Waals surface area (Å²) < 4.78 is 7.80. The molecule has 10 nitrogen and oxygen atoms in total. The summed E-state index contributed by atoms with van der Waals surface area (Å²) in [5, 5.41) is 11.2. The van der Waals surface area contributed by atoms with Crippen LogP contribution in [0.15, 0.2) is 21.7 Å². The molecule has 1 saturated carbocycles. The van der Waals surface area contributed by atoms with Crippen molar-refractivity contribution in [1.29, 1.82) is 0 Å². The summed E-state index contributed by atoms with van der Waals surface area (Å²) in [6.45, 7) is 2.16. The van der Waals surface area contributed by atoms with Crippen molar-refractivity contribution in [2.75, 3.05) is 6.54 Å². The number of amides is 1. The number of nitrogens with one attached hydrogen (secondary N) is 2. The van der Waals surface area contributed by atoms with Gasteiger partial charge in [0.05, 0.1) is 17.1 Å². The molecule has 0 spiro atoms. The van der Waals surface area contributed by atoms with Gasteiger partial charge in [-0.3, -0.25) is 9.78 Å². The summed E-state index contributed by atoms with van der Waals surface area (Å²) in [5.74, 6) is 0.812. The number of benzene rings is 1. The Morgan fingerprint density at radius 1 is 1.31 bits per heavy atom. The SMILES string of the molecule is Cc1cc2nc3c(=O)[nH]c(=O)nc-3n(CCNC(=O)O)c2cc1OC1CCCC1. The van der Waals surface area contributed by atoms with Crippen molar-refractivity contribution in [2.45, 2.75) is 45.3 Å². The molecule has 2 heterocycles. The Balaban J connectivity index is 1.89. The fourth-order valence-corrected chi connectivity index (χ4v) is 3.74. The first-order valence-corrected chi connectivity index (χ1v) is 9.51. The minimum Gasteiger partial charge on any atom is -0.490 e. The fourth-order valence-electron chi connectivity index (χ4n) is 3.74. The highest BCUT2D eigenvalue weighted by molar-refractivity contribution is 5.82. The number of aromatic amines is 1. The molecule has 0 aromatic heterocycles. The highest BCUT2D eigenvalue weighted by atomic mass is 16.5. The molecule has 0 bridgehead atoms. The molecule has 152 valence electrons. The van der Waals surface area contributed by atoms with E-state index in [1.807, 2.05) is 19.1 Å². The van der Waals surface area contributed by atoms with Gasteiger partial charge in [0.15, 0.2) is 11.5 Å². The monoisotopic (exact) mass is 399 g/mol. The highest BCUT2D eigenvalue weighted by Gasteiger charge is 2.22. The van der Waals surface area contributed by atoms with E-state index >= 15 is 0 Å². The van der Waals surface area contributed by atoms with E-state index in [2.05, 4.69) is 20.3 Å². The quantitative estimate of drug-likeness (QED) is 0.552. The van der Waals surface area contributed by atoms with Gasteiger partial charge >= 0.3 is 11.8 Å². The van der Waals surface area contributed by atoms with E-state index in [9.17, 15) is 14.4 Å². The number of fused-ring (bicyclic) bond motifs is 2. The molecule has 2 aliphatic heterocycles. The molecule has 1 aromatic carbocycles. The zero-order valence-corrected chi connectivity index (χ0v) is 15.9. The van der Waals surface area contributed by atoms with Crippen LogP contribution < -0.4 is 21.3 Å². The second-order valence-electron chi connectivity index (χ2n) is 7.17. The number of nitrogens with zero attached hydrogens (tertiary/aromatic N) is 3. The van der Waals surface area contributed by atoms with Crippen LogP contribution in [0.5, 0.6) is 5.75 Å². The minimum atomic E-state index is -1.16. The number of aromatic nitrogens is 4. The van der Waals surface area contributed by atoms with Gasteiger partial charge in [0.25, 0.3) is 5.56 Å². The zero-order chi connectivity index (χ0) is 20.5. The zero-order valence-electron chi connectivity index (χ0n) is 15.9. The summed E-state index contributed by atoms with van der Waals surface area (Å²) in [6.07, 6.45) is 3.30. The third kappa shape index (κ3) is 3.78. The van der Waals surface area contributed by atoms with Crippen LogP contribution in [0, 0.1) is 6.92 Å². The van der Waals surface area contributed by atoms with Gasteiger partial charge in [-0.05, 0) is 44.2 Å². The van der Waals surface area contributed by atoms with E-state index < -0.39 is 17.3 Å². The molecule has 0 atom stereocenters. The summed E-state index contributed by atoms with van der Waals surface area (Å²) in [4.78, 5) is 45.3. The predicted molar refractivity (Wildman–Crippen MR) is 105 cm³/mol. The van der Waals surface area contributed by atoms with Gasteiger partial charge in [-0.1, -0.05) is 0 Å². The number of aryl methyl sites for hydroxylation is 1. The van der Waals surface area contributed by atoms with Crippen LogP contribution >= 0.6 is 0 Å². The number of hydrogen-bond donors (Lipinski definition) is 3. The molecule has 0 radical (unpaired) electrons. The molecule has 3 N–H and O–H groups in total. The van der Waals surface area contributed by atoms with Crippen molar-refractivity contribution in [3.63, 3.8) is 0 Å². The summed E-state index contributed by atoms with van der Waals surface area (Å²) >= 11 is 0. The van der Waals surface area contributed by atoms with Crippen LogP contribution in [-0.4, -0.2) is 43.4 Å². The van der Waals surface area contributed by atoms with Crippen LogP contribution in [0.4, 0.5) is 4.79 Å². The van der Waals surface area contributed by atoms with E-state index in [0.29, 0.717) is 16.8 Å². The van der Waals surface area contributed by atoms with Crippen molar-refractivity contribution in [1.82, 2.24) is 24.8 Å². The maximum atomic E-state index is 12.3. The Labute approximate surface area is 164 Å². The summed E-state index contributed by atoms with van der Waals surface area (Å²) in [6, 6.07) is 3.65. The minimum absolute atomic E-state index is 0.0243. The van der Waals surface area contributed by atoms with Crippen molar-refractivity contribution >= 4 is 17.1 Å². The van der Waals surface area contributed by atoms with Crippen molar-refractivity contribution in [3.05, 3.63) is 38.5 Å².